The molecule has 2 N–H and O–H groups in total. The van der Waals surface area contributed by atoms with Crippen LogP contribution >= 0.6 is 0 Å². The zero-order valence-electron chi connectivity index (χ0n) is 12.9. The predicted octanol–water partition coefficient (Wildman–Crippen LogP) is -0.0160. The molecule has 1 heterocycles. The van der Waals surface area contributed by atoms with Crippen LogP contribution < -0.4 is 10.6 Å². The fourth-order valence-electron chi connectivity index (χ4n) is 2.47. The first kappa shape index (κ1) is 16.9. The standard InChI is InChI=1S/C14H27N3O3/c1-10(2)13(16-12(18)9-20-4)14(19)17-7-5-6-11(8-17)15-3/h10-11,13,15H,5-9H2,1-4H3,(H,16,18)/t11?,13-/m0/s1. The summed E-state index contributed by atoms with van der Waals surface area (Å²) >= 11 is 0. The molecule has 0 saturated carbocycles. The van der Waals surface area contributed by atoms with Crippen molar-refractivity contribution < 1.29 is 14.3 Å². The van der Waals surface area contributed by atoms with Gasteiger partial charge in [-0.15, -0.1) is 0 Å². The Bertz CT molecular complexity index is 334. The van der Waals surface area contributed by atoms with E-state index < -0.39 is 6.04 Å². The molecule has 0 aromatic carbocycles. The Labute approximate surface area is 121 Å². The van der Waals surface area contributed by atoms with Crippen molar-refractivity contribution in [2.24, 2.45) is 5.92 Å². The lowest BCUT2D eigenvalue weighted by atomic mass is 9.99. The van der Waals surface area contributed by atoms with E-state index in [9.17, 15) is 9.59 Å². The second-order valence-electron chi connectivity index (χ2n) is 5.63. The van der Waals surface area contributed by atoms with Crippen molar-refractivity contribution >= 4 is 11.8 Å². The maximum atomic E-state index is 12.6. The summed E-state index contributed by atoms with van der Waals surface area (Å²) in [5.74, 6) is -0.190. The Kier molecular flexibility index (Phi) is 6.95. The van der Waals surface area contributed by atoms with Gasteiger partial charge in [-0.25, -0.2) is 0 Å². The number of ether oxygens (including phenoxy) is 1. The Morgan fingerprint density at radius 3 is 2.65 bits per heavy atom. The average molecular weight is 285 g/mol. The minimum Gasteiger partial charge on any atom is -0.375 e. The molecule has 0 bridgehead atoms. The Morgan fingerprint density at radius 2 is 2.10 bits per heavy atom. The average Bonchev–Trinajstić information content (AvgIpc) is 2.44. The number of rotatable bonds is 6. The van der Waals surface area contributed by atoms with Crippen LogP contribution in [0.1, 0.15) is 26.7 Å². The first-order chi connectivity index (χ1) is 9.49. The minimum atomic E-state index is -0.478. The molecule has 6 nitrogen and oxygen atoms in total. The Morgan fingerprint density at radius 1 is 1.40 bits per heavy atom. The van der Waals surface area contributed by atoms with E-state index in [1.54, 1.807) is 0 Å². The predicted molar refractivity (Wildman–Crippen MR) is 77.3 cm³/mol. The summed E-state index contributed by atoms with van der Waals surface area (Å²) in [6.07, 6.45) is 2.08. The molecule has 20 heavy (non-hydrogen) atoms. The van der Waals surface area contributed by atoms with E-state index in [0.29, 0.717) is 12.6 Å². The molecule has 1 aliphatic rings. The zero-order valence-corrected chi connectivity index (χ0v) is 12.9. The number of nitrogens with one attached hydrogen (secondary N) is 2. The SMILES string of the molecule is CNC1CCCN(C(=O)[C@@H](NC(=O)COC)C(C)C)C1. The van der Waals surface area contributed by atoms with Gasteiger partial charge in [0, 0.05) is 26.2 Å². The number of carbonyl (C=O) groups excluding carboxylic acids is 2. The molecule has 1 aliphatic heterocycles. The lowest BCUT2D eigenvalue weighted by molar-refractivity contribution is -0.139. The van der Waals surface area contributed by atoms with Crippen molar-refractivity contribution in [3.05, 3.63) is 0 Å². The molecule has 0 radical (unpaired) electrons. The van der Waals surface area contributed by atoms with E-state index in [-0.39, 0.29) is 24.3 Å². The highest BCUT2D eigenvalue weighted by atomic mass is 16.5. The highest BCUT2D eigenvalue weighted by molar-refractivity contribution is 5.88. The molecular formula is C14H27N3O3. The first-order valence-electron chi connectivity index (χ1n) is 7.24. The van der Waals surface area contributed by atoms with Gasteiger partial charge in [-0.05, 0) is 25.8 Å². The number of carbonyl (C=O) groups is 2. The van der Waals surface area contributed by atoms with Crippen LogP contribution in [0.3, 0.4) is 0 Å². The number of likely N-dealkylation sites (tertiary alicyclic amines) is 1. The van der Waals surface area contributed by atoms with Crippen molar-refractivity contribution in [3.63, 3.8) is 0 Å². The van der Waals surface area contributed by atoms with Gasteiger partial charge in [0.15, 0.2) is 0 Å². The molecule has 2 atom stereocenters. The summed E-state index contributed by atoms with van der Waals surface area (Å²) in [7, 11) is 3.38. The molecule has 1 fully saturated rings. The molecule has 0 spiro atoms. The summed E-state index contributed by atoms with van der Waals surface area (Å²) in [5.41, 5.74) is 0. The number of hydrogen-bond acceptors (Lipinski definition) is 4. The van der Waals surface area contributed by atoms with E-state index in [0.717, 1.165) is 19.4 Å². The molecule has 0 aromatic heterocycles. The van der Waals surface area contributed by atoms with Crippen molar-refractivity contribution in [2.75, 3.05) is 33.9 Å². The number of piperidine rings is 1. The minimum absolute atomic E-state index is 0.00408. The van der Waals surface area contributed by atoms with E-state index in [1.165, 1.54) is 7.11 Å². The van der Waals surface area contributed by atoms with Gasteiger partial charge in [0.2, 0.25) is 11.8 Å². The third-order valence-corrected chi connectivity index (χ3v) is 3.67. The normalized spacial score (nSPS) is 20.9. The topological polar surface area (TPSA) is 70.7 Å². The molecule has 116 valence electrons. The number of nitrogens with zero attached hydrogens (tertiary/aromatic N) is 1. The van der Waals surface area contributed by atoms with Crippen LogP contribution in [0.5, 0.6) is 0 Å². The third-order valence-electron chi connectivity index (χ3n) is 3.67. The van der Waals surface area contributed by atoms with Gasteiger partial charge >= 0.3 is 0 Å². The van der Waals surface area contributed by atoms with E-state index in [4.69, 9.17) is 4.74 Å². The second-order valence-corrected chi connectivity index (χ2v) is 5.63. The van der Waals surface area contributed by atoms with Gasteiger partial charge in [-0.2, -0.15) is 0 Å². The summed E-state index contributed by atoms with van der Waals surface area (Å²) < 4.78 is 4.80. The van der Waals surface area contributed by atoms with Crippen LogP contribution in [-0.2, 0) is 14.3 Å². The highest BCUT2D eigenvalue weighted by Gasteiger charge is 2.31. The second kappa shape index (κ2) is 8.21. The molecule has 0 aromatic rings. The van der Waals surface area contributed by atoms with Gasteiger partial charge in [-0.1, -0.05) is 13.8 Å². The van der Waals surface area contributed by atoms with E-state index >= 15 is 0 Å². The van der Waals surface area contributed by atoms with Crippen LogP contribution in [0, 0.1) is 5.92 Å². The maximum Gasteiger partial charge on any atom is 0.246 e. The molecule has 1 rings (SSSR count). The summed E-state index contributed by atoms with van der Waals surface area (Å²) in [6.45, 7) is 5.33. The Balaban J connectivity index is 2.65. The lowest BCUT2D eigenvalue weighted by Gasteiger charge is -2.36. The van der Waals surface area contributed by atoms with E-state index in [2.05, 4.69) is 10.6 Å². The van der Waals surface area contributed by atoms with Crippen molar-refractivity contribution in [1.29, 1.82) is 0 Å². The van der Waals surface area contributed by atoms with Crippen LogP contribution in [0.4, 0.5) is 0 Å². The lowest BCUT2D eigenvalue weighted by Crippen LogP contribution is -2.56. The smallest absolute Gasteiger partial charge is 0.246 e. The van der Waals surface area contributed by atoms with Crippen LogP contribution in [-0.4, -0.2) is 62.7 Å². The molecular weight excluding hydrogens is 258 g/mol. The maximum absolute atomic E-state index is 12.6. The number of methoxy groups -OCH3 is 1. The van der Waals surface area contributed by atoms with E-state index in [1.807, 2.05) is 25.8 Å². The highest BCUT2D eigenvalue weighted by Crippen LogP contribution is 2.14. The number of amides is 2. The largest absolute Gasteiger partial charge is 0.375 e. The fraction of sp³-hybridized carbons (Fsp3) is 0.857. The summed E-state index contributed by atoms with van der Waals surface area (Å²) in [4.78, 5) is 26.1. The Hall–Kier alpha value is -1.14. The molecule has 1 unspecified atom stereocenters. The quantitative estimate of drug-likeness (QED) is 0.720. The van der Waals surface area contributed by atoms with Crippen LogP contribution in [0.15, 0.2) is 0 Å². The fourth-order valence-corrected chi connectivity index (χ4v) is 2.47. The van der Waals surface area contributed by atoms with Gasteiger partial charge < -0.3 is 20.3 Å². The number of hydrogen-bond donors (Lipinski definition) is 2. The van der Waals surface area contributed by atoms with Gasteiger partial charge in [0.05, 0.1) is 0 Å². The molecule has 6 heteroatoms. The van der Waals surface area contributed by atoms with Gasteiger partial charge in [-0.3, -0.25) is 9.59 Å². The third kappa shape index (κ3) is 4.76. The van der Waals surface area contributed by atoms with Crippen molar-refractivity contribution in [1.82, 2.24) is 15.5 Å². The molecule has 0 aliphatic carbocycles. The van der Waals surface area contributed by atoms with Crippen LogP contribution in [0.2, 0.25) is 0 Å². The van der Waals surface area contributed by atoms with Gasteiger partial charge in [0.25, 0.3) is 0 Å². The summed E-state index contributed by atoms with van der Waals surface area (Å²) in [5, 5.41) is 5.99. The van der Waals surface area contributed by atoms with Crippen molar-refractivity contribution in [3.8, 4) is 0 Å². The molecule has 1 saturated heterocycles. The zero-order chi connectivity index (χ0) is 15.1. The van der Waals surface area contributed by atoms with Crippen LogP contribution in [0.25, 0.3) is 0 Å². The summed E-state index contributed by atoms with van der Waals surface area (Å²) in [6, 6.07) is -0.136. The first-order valence-corrected chi connectivity index (χ1v) is 7.24. The van der Waals surface area contributed by atoms with Gasteiger partial charge in [0.1, 0.15) is 12.6 Å². The molecule has 2 amide bonds. The van der Waals surface area contributed by atoms with Crippen molar-refractivity contribution in [2.45, 2.75) is 38.8 Å². The monoisotopic (exact) mass is 285 g/mol. The number of likely N-dealkylation sites (N-methyl/N-ethyl adjacent to an activating group) is 1.